The van der Waals surface area contributed by atoms with Crippen LogP contribution in [0.15, 0.2) is 103 Å². The van der Waals surface area contributed by atoms with E-state index in [9.17, 15) is 0 Å². The molecule has 0 N–H and O–H groups in total. The van der Waals surface area contributed by atoms with Crippen LogP contribution in [0.4, 0.5) is 34.1 Å². The highest BCUT2D eigenvalue weighted by atomic mass is 15.2. The molecule has 5 aromatic carbocycles. The van der Waals surface area contributed by atoms with Crippen LogP contribution in [0.5, 0.6) is 0 Å². The highest BCUT2D eigenvalue weighted by molar-refractivity contribution is 7.00. The average Bonchev–Trinajstić information content (AvgIpc) is 3.08. The topological polar surface area (TPSA) is 6.48 Å². The van der Waals surface area contributed by atoms with Crippen LogP contribution in [0.3, 0.4) is 0 Å². The van der Waals surface area contributed by atoms with Gasteiger partial charge in [-0.3, -0.25) is 0 Å². The zero-order valence-electron chi connectivity index (χ0n) is 26.8. The van der Waals surface area contributed by atoms with Gasteiger partial charge < -0.3 is 9.80 Å². The second kappa shape index (κ2) is 8.97. The number of hydrogen-bond acceptors (Lipinski definition) is 2. The number of fused-ring (bicyclic) bond motifs is 6. The van der Waals surface area contributed by atoms with Crippen LogP contribution >= 0.6 is 0 Å². The first kappa shape index (κ1) is 25.9. The van der Waals surface area contributed by atoms with Crippen molar-refractivity contribution in [1.82, 2.24) is 0 Å². The molecule has 4 saturated carbocycles. The van der Waals surface area contributed by atoms with Crippen molar-refractivity contribution >= 4 is 57.2 Å². The van der Waals surface area contributed by atoms with Gasteiger partial charge in [-0.2, -0.15) is 0 Å². The lowest BCUT2D eigenvalue weighted by Gasteiger charge is -2.64. The molecule has 12 rings (SSSR count). The van der Waals surface area contributed by atoms with Crippen molar-refractivity contribution in [1.29, 1.82) is 0 Å². The van der Waals surface area contributed by atoms with Crippen LogP contribution in [-0.2, 0) is 11.8 Å². The summed E-state index contributed by atoms with van der Waals surface area (Å²) in [5, 5.41) is 0. The number of para-hydroxylation sites is 2. The van der Waals surface area contributed by atoms with Gasteiger partial charge >= 0.3 is 0 Å². The number of aryl methyl sites for hydroxylation is 2. The van der Waals surface area contributed by atoms with Crippen LogP contribution in [0, 0.1) is 30.6 Å². The minimum Gasteiger partial charge on any atom is -0.311 e. The van der Waals surface area contributed by atoms with Gasteiger partial charge in [0.15, 0.2) is 0 Å². The fourth-order valence-electron chi connectivity index (χ4n) is 11.8. The predicted octanol–water partition coefficient (Wildman–Crippen LogP) is 8.70. The van der Waals surface area contributed by atoms with Crippen molar-refractivity contribution in [3.8, 4) is 0 Å². The zero-order valence-corrected chi connectivity index (χ0v) is 26.8. The summed E-state index contributed by atoms with van der Waals surface area (Å²) in [7, 11) is 0. The summed E-state index contributed by atoms with van der Waals surface area (Å²) in [6, 6.07) is 40.6. The van der Waals surface area contributed by atoms with Crippen molar-refractivity contribution in [2.75, 3.05) is 9.80 Å². The molecule has 2 nitrogen and oxygen atoms in total. The average molecular weight is 595 g/mol. The van der Waals surface area contributed by atoms with Crippen LogP contribution in [0.1, 0.15) is 61.3 Å². The maximum absolute atomic E-state index is 2.70. The number of nitrogens with zero attached hydrogens (tertiary/aromatic N) is 2. The molecule has 4 fully saturated rings. The van der Waals surface area contributed by atoms with E-state index in [0.717, 1.165) is 30.1 Å². The maximum Gasteiger partial charge on any atom is 0.252 e. The Morgan fingerprint density at radius 1 is 0.630 bits per heavy atom. The molecule has 1 spiro atoms. The molecule has 46 heavy (non-hydrogen) atoms. The van der Waals surface area contributed by atoms with E-state index < -0.39 is 0 Å². The van der Waals surface area contributed by atoms with Gasteiger partial charge in [-0.15, -0.1) is 0 Å². The van der Waals surface area contributed by atoms with Crippen LogP contribution < -0.4 is 26.2 Å². The predicted molar refractivity (Wildman–Crippen MR) is 192 cm³/mol. The lowest BCUT2D eigenvalue weighted by atomic mass is 9.32. The summed E-state index contributed by atoms with van der Waals surface area (Å²) in [5.74, 6) is 3.36. The van der Waals surface area contributed by atoms with E-state index in [1.165, 1.54) is 93.7 Å². The van der Waals surface area contributed by atoms with Crippen molar-refractivity contribution in [2.45, 2.75) is 57.8 Å². The molecular weight excluding hydrogens is 555 g/mol. The van der Waals surface area contributed by atoms with Gasteiger partial charge in [0.05, 0.1) is 5.69 Å². The van der Waals surface area contributed by atoms with Crippen LogP contribution in [0.2, 0.25) is 0 Å². The highest BCUT2D eigenvalue weighted by Crippen LogP contribution is 2.69. The highest BCUT2D eigenvalue weighted by Gasteiger charge is 2.62. The summed E-state index contributed by atoms with van der Waals surface area (Å²) in [5.41, 5.74) is 18.6. The Morgan fingerprint density at radius 3 is 2.07 bits per heavy atom. The summed E-state index contributed by atoms with van der Waals surface area (Å²) in [6.45, 7) is 4.67. The smallest absolute Gasteiger partial charge is 0.252 e. The molecule has 0 saturated heterocycles. The number of anilines is 6. The number of benzene rings is 5. The van der Waals surface area contributed by atoms with E-state index in [2.05, 4.69) is 127 Å². The van der Waals surface area contributed by atoms with Gasteiger partial charge in [-0.1, -0.05) is 79.2 Å². The van der Waals surface area contributed by atoms with Gasteiger partial charge in [-0.05, 0) is 139 Å². The molecule has 224 valence electrons. The summed E-state index contributed by atoms with van der Waals surface area (Å²) < 4.78 is 0. The largest absolute Gasteiger partial charge is 0.311 e. The van der Waals surface area contributed by atoms with Crippen LogP contribution in [0.25, 0.3) is 0 Å². The van der Waals surface area contributed by atoms with E-state index in [1.54, 1.807) is 11.1 Å². The minimum atomic E-state index is 0.123. The van der Waals surface area contributed by atoms with Crippen LogP contribution in [-0.4, -0.2) is 6.71 Å². The third kappa shape index (κ3) is 3.06. The van der Waals surface area contributed by atoms with E-state index in [-0.39, 0.29) is 12.1 Å². The molecule has 3 heterocycles. The summed E-state index contributed by atoms with van der Waals surface area (Å²) in [6.07, 6.45) is 8.14. The van der Waals surface area contributed by atoms with Crippen molar-refractivity contribution < 1.29 is 0 Å². The van der Waals surface area contributed by atoms with Gasteiger partial charge in [0, 0.05) is 33.9 Å². The van der Waals surface area contributed by atoms with Gasteiger partial charge in [0.1, 0.15) is 0 Å². The number of rotatable bonds is 2. The van der Waals surface area contributed by atoms with E-state index in [0.29, 0.717) is 0 Å². The Labute approximate surface area is 273 Å². The van der Waals surface area contributed by atoms with E-state index in [4.69, 9.17) is 0 Å². The Kier molecular flexibility index (Phi) is 5.05. The molecule has 4 bridgehead atoms. The Bertz CT molecular complexity index is 2070. The van der Waals surface area contributed by atoms with Gasteiger partial charge in [0.25, 0.3) is 6.71 Å². The van der Waals surface area contributed by atoms with Crippen molar-refractivity contribution in [3.63, 3.8) is 0 Å². The lowest BCUT2D eigenvalue weighted by Crippen LogP contribution is -2.64. The molecule has 0 aromatic heterocycles. The molecule has 3 heteroatoms. The lowest BCUT2D eigenvalue weighted by molar-refractivity contribution is -0.0419. The van der Waals surface area contributed by atoms with Gasteiger partial charge in [0.2, 0.25) is 0 Å². The molecule has 7 aliphatic rings. The standard InChI is InChI=1S/C43H39BN2/c1-3-27-16-19-35-40(25-27)45(32-17-14-26(2)15-18-32)38-12-7-13-39-41(38)44(35)36-10-6-9-34-42(36)46(39)37-11-5-4-8-33(37)43(34)30-21-28-20-29(23-30)24-31(43)22-28/h4-19,25,28-31H,3,20-24H2,1-2H3. The molecule has 5 aromatic rings. The van der Waals surface area contributed by atoms with E-state index >= 15 is 0 Å². The first-order valence-electron chi connectivity index (χ1n) is 17.8. The Hall–Kier alpha value is -4.24. The summed E-state index contributed by atoms with van der Waals surface area (Å²) in [4.78, 5) is 5.25. The van der Waals surface area contributed by atoms with Crippen molar-refractivity contribution in [2.24, 2.45) is 23.7 Å². The fraction of sp³-hybridized carbons (Fsp3) is 0.302. The van der Waals surface area contributed by atoms with Gasteiger partial charge in [-0.25, -0.2) is 0 Å². The molecular formula is C43H39BN2. The summed E-state index contributed by atoms with van der Waals surface area (Å²) >= 11 is 0. The Morgan fingerprint density at radius 2 is 1.30 bits per heavy atom. The molecule has 4 aliphatic carbocycles. The quantitative estimate of drug-likeness (QED) is 0.185. The first-order valence-corrected chi connectivity index (χ1v) is 17.8. The second-order valence-corrected chi connectivity index (χ2v) is 15.3. The maximum atomic E-state index is 2.70. The third-order valence-corrected chi connectivity index (χ3v) is 13.2. The monoisotopic (exact) mass is 594 g/mol. The van der Waals surface area contributed by atoms with Crippen molar-refractivity contribution in [3.05, 3.63) is 125 Å². The molecule has 0 amide bonds. The molecule has 0 atom stereocenters. The number of hydrogen-bond donors (Lipinski definition) is 0. The molecule has 0 radical (unpaired) electrons. The molecule has 3 aliphatic heterocycles. The third-order valence-electron chi connectivity index (χ3n) is 13.2. The Balaban J connectivity index is 1.23. The molecule has 0 unspecified atom stereocenters. The normalized spacial score (nSPS) is 27.0. The minimum absolute atomic E-state index is 0.123. The second-order valence-electron chi connectivity index (χ2n) is 15.3. The SMILES string of the molecule is CCc1ccc2c(c1)N(c1ccc(C)cc1)c1cccc3c1B2c1cccc2c1N3c1ccccc1C21C2CC3CC(C2)CC1C3. The zero-order chi connectivity index (χ0) is 30.3. The first-order chi connectivity index (χ1) is 22.6. The van der Waals surface area contributed by atoms with E-state index in [1.807, 2.05) is 0 Å². The fourth-order valence-corrected chi connectivity index (χ4v) is 11.8.